The molecule has 0 radical (unpaired) electrons. The third-order valence-corrected chi connectivity index (χ3v) is 2.90. The molecule has 0 aliphatic heterocycles. The fourth-order valence-electron chi connectivity index (χ4n) is 1.66. The largest absolute Gasteiger partial charge is 0.481 e. The van der Waals surface area contributed by atoms with E-state index in [-0.39, 0.29) is 6.42 Å². The lowest BCUT2D eigenvalue weighted by atomic mass is 10.2. The second-order valence-electron chi connectivity index (χ2n) is 4.40. The van der Waals surface area contributed by atoms with Crippen LogP contribution in [0.25, 0.3) is 11.4 Å². The van der Waals surface area contributed by atoms with Crippen molar-refractivity contribution in [2.45, 2.75) is 13.0 Å². The second-order valence-corrected chi connectivity index (χ2v) is 4.84. The van der Waals surface area contributed by atoms with Crippen LogP contribution in [-0.2, 0) is 11.3 Å². The maximum absolute atomic E-state index is 10.5. The number of halogens is 1. The average Bonchev–Trinajstić information content (AvgIpc) is 2.85. The van der Waals surface area contributed by atoms with E-state index in [0.717, 1.165) is 5.56 Å². The number of hydrogen-bond acceptors (Lipinski definition) is 5. The smallest absolute Gasteiger partial charge is 0.304 e. The van der Waals surface area contributed by atoms with E-state index < -0.39 is 5.97 Å². The number of rotatable bonds is 6. The van der Waals surface area contributed by atoms with E-state index in [1.54, 1.807) is 19.2 Å². The van der Waals surface area contributed by atoms with Crippen molar-refractivity contribution in [3.63, 3.8) is 0 Å². The number of aliphatic carboxylic acids is 1. The van der Waals surface area contributed by atoms with Crippen LogP contribution in [0.4, 0.5) is 0 Å². The van der Waals surface area contributed by atoms with Crippen molar-refractivity contribution in [3.8, 4) is 11.4 Å². The number of carbonyl (C=O) groups is 1. The topological polar surface area (TPSA) is 79.5 Å². The van der Waals surface area contributed by atoms with Gasteiger partial charge in [-0.25, -0.2) is 0 Å². The lowest BCUT2D eigenvalue weighted by molar-refractivity contribution is -0.137. The van der Waals surface area contributed by atoms with Crippen LogP contribution in [0.5, 0.6) is 0 Å². The number of carboxylic acids is 1. The molecule has 0 saturated heterocycles. The fraction of sp³-hybridized carbons (Fsp3) is 0.308. The summed E-state index contributed by atoms with van der Waals surface area (Å²) < 4.78 is 5.14. The molecule has 2 rings (SSSR count). The van der Waals surface area contributed by atoms with Crippen LogP contribution < -0.4 is 0 Å². The molecule has 0 aliphatic carbocycles. The van der Waals surface area contributed by atoms with Crippen LogP contribution in [0.15, 0.2) is 28.8 Å². The third-order valence-electron chi connectivity index (χ3n) is 2.66. The molecule has 0 unspecified atom stereocenters. The van der Waals surface area contributed by atoms with Crippen molar-refractivity contribution < 1.29 is 14.4 Å². The third kappa shape index (κ3) is 4.04. The van der Waals surface area contributed by atoms with Gasteiger partial charge in [-0.2, -0.15) is 4.98 Å². The van der Waals surface area contributed by atoms with E-state index in [1.807, 2.05) is 17.0 Å². The maximum atomic E-state index is 10.5. The minimum absolute atomic E-state index is 0.0752. The number of nitrogens with zero attached hydrogens (tertiary/aromatic N) is 3. The molecule has 7 heteroatoms. The number of aromatic nitrogens is 2. The van der Waals surface area contributed by atoms with Crippen LogP contribution in [0.3, 0.4) is 0 Å². The zero-order valence-corrected chi connectivity index (χ0v) is 11.7. The molecule has 0 bridgehead atoms. The van der Waals surface area contributed by atoms with Crippen LogP contribution in [-0.4, -0.2) is 39.7 Å². The van der Waals surface area contributed by atoms with Crippen molar-refractivity contribution in [3.05, 3.63) is 35.2 Å². The standard InChI is InChI=1S/C13H14ClN3O3/c1-17(6-5-12(18)19)8-11-15-13(16-20-11)9-3-2-4-10(14)7-9/h2-4,7H,5-6,8H2,1H3,(H,18,19). The van der Waals surface area contributed by atoms with E-state index in [4.69, 9.17) is 21.2 Å². The Bertz CT molecular complexity index is 600. The first-order chi connectivity index (χ1) is 9.54. The molecule has 1 aromatic carbocycles. The molecule has 0 atom stereocenters. The predicted octanol–water partition coefficient (Wildman–Crippen LogP) is 2.30. The van der Waals surface area contributed by atoms with Crippen molar-refractivity contribution >= 4 is 17.6 Å². The first-order valence-corrected chi connectivity index (χ1v) is 6.41. The van der Waals surface area contributed by atoms with Crippen LogP contribution >= 0.6 is 11.6 Å². The molecule has 0 saturated carbocycles. The highest BCUT2D eigenvalue weighted by Crippen LogP contribution is 2.20. The molecule has 0 amide bonds. The summed E-state index contributed by atoms with van der Waals surface area (Å²) in [6, 6.07) is 7.18. The summed E-state index contributed by atoms with van der Waals surface area (Å²) in [5.41, 5.74) is 0.778. The summed E-state index contributed by atoms with van der Waals surface area (Å²) in [7, 11) is 1.80. The summed E-state index contributed by atoms with van der Waals surface area (Å²) >= 11 is 5.91. The van der Waals surface area contributed by atoms with Crippen molar-refractivity contribution in [1.29, 1.82) is 0 Å². The highest BCUT2D eigenvalue weighted by molar-refractivity contribution is 6.30. The SMILES string of the molecule is CN(CCC(=O)O)Cc1nc(-c2cccc(Cl)c2)no1. The Morgan fingerprint density at radius 3 is 3.00 bits per heavy atom. The first kappa shape index (κ1) is 14.5. The fourth-order valence-corrected chi connectivity index (χ4v) is 1.85. The molecule has 2 aromatic rings. The van der Waals surface area contributed by atoms with Crippen molar-refractivity contribution in [2.24, 2.45) is 0 Å². The van der Waals surface area contributed by atoms with Gasteiger partial charge in [0.2, 0.25) is 11.7 Å². The lowest BCUT2D eigenvalue weighted by Crippen LogP contribution is -2.21. The van der Waals surface area contributed by atoms with Crippen molar-refractivity contribution in [2.75, 3.05) is 13.6 Å². The van der Waals surface area contributed by atoms with Gasteiger partial charge in [0.15, 0.2) is 0 Å². The van der Waals surface area contributed by atoms with E-state index in [9.17, 15) is 4.79 Å². The average molecular weight is 296 g/mol. The number of hydrogen-bond donors (Lipinski definition) is 1. The minimum Gasteiger partial charge on any atom is -0.481 e. The van der Waals surface area contributed by atoms with Gasteiger partial charge in [-0.3, -0.25) is 9.69 Å². The summed E-state index contributed by atoms with van der Waals surface area (Å²) in [6.07, 6.45) is 0.0752. The predicted molar refractivity (Wildman–Crippen MR) is 73.3 cm³/mol. The van der Waals surface area contributed by atoms with Crippen LogP contribution in [0, 0.1) is 0 Å². The Morgan fingerprint density at radius 1 is 1.50 bits per heavy atom. The molecule has 20 heavy (non-hydrogen) atoms. The molecule has 6 nitrogen and oxygen atoms in total. The van der Waals surface area contributed by atoms with E-state index in [1.165, 1.54) is 0 Å². The second kappa shape index (κ2) is 6.49. The van der Waals surface area contributed by atoms with Gasteiger partial charge in [-0.15, -0.1) is 0 Å². The molecular formula is C13H14ClN3O3. The van der Waals surface area contributed by atoms with E-state index >= 15 is 0 Å². The normalized spacial score (nSPS) is 10.9. The quantitative estimate of drug-likeness (QED) is 0.881. The minimum atomic E-state index is -0.831. The van der Waals surface area contributed by atoms with Gasteiger partial charge in [0, 0.05) is 17.1 Å². The molecule has 1 aromatic heterocycles. The van der Waals surface area contributed by atoms with Gasteiger partial charge in [-0.1, -0.05) is 28.9 Å². The first-order valence-electron chi connectivity index (χ1n) is 6.03. The van der Waals surface area contributed by atoms with E-state index in [0.29, 0.717) is 29.8 Å². The Balaban J connectivity index is 2.00. The highest BCUT2D eigenvalue weighted by atomic mass is 35.5. The Morgan fingerprint density at radius 2 is 2.30 bits per heavy atom. The van der Waals surface area contributed by atoms with E-state index in [2.05, 4.69) is 10.1 Å². The Kier molecular flexibility index (Phi) is 4.70. The van der Waals surface area contributed by atoms with Gasteiger partial charge in [-0.05, 0) is 19.2 Å². The van der Waals surface area contributed by atoms with Crippen LogP contribution in [0.2, 0.25) is 5.02 Å². The summed E-state index contributed by atoms with van der Waals surface area (Å²) in [5.74, 6) is 0.0731. The monoisotopic (exact) mass is 295 g/mol. The number of carboxylic acid groups (broad SMARTS) is 1. The van der Waals surface area contributed by atoms with Gasteiger partial charge < -0.3 is 9.63 Å². The summed E-state index contributed by atoms with van der Waals surface area (Å²) in [4.78, 5) is 16.6. The maximum Gasteiger partial charge on any atom is 0.304 e. The summed E-state index contributed by atoms with van der Waals surface area (Å²) in [6.45, 7) is 0.824. The lowest BCUT2D eigenvalue weighted by Gasteiger charge is -2.11. The van der Waals surface area contributed by atoms with Crippen LogP contribution in [0.1, 0.15) is 12.3 Å². The highest BCUT2D eigenvalue weighted by Gasteiger charge is 2.11. The molecular weight excluding hydrogens is 282 g/mol. The van der Waals surface area contributed by atoms with Gasteiger partial charge >= 0.3 is 5.97 Å². The van der Waals surface area contributed by atoms with Gasteiger partial charge in [0.25, 0.3) is 0 Å². The zero-order valence-electron chi connectivity index (χ0n) is 10.9. The molecule has 0 spiro atoms. The molecule has 0 fully saturated rings. The molecule has 1 N–H and O–H groups in total. The Hall–Kier alpha value is -1.92. The van der Waals surface area contributed by atoms with Gasteiger partial charge in [0.1, 0.15) is 0 Å². The zero-order chi connectivity index (χ0) is 14.5. The number of benzene rings is 1. The molecule has 106 valence electrons. The van der Waals surface area contributed by atoms with Crippen molar-refractivity contribution in [1.82, 2.24) is 15.0 Å². The molecule has 1 heterocycles. The Labute approximate surface area is 121 Å². The van der Waals surface area contributed by atoms with Gasteiger partial charge in [0.05, 0.1) is 13.0 Å². The molecule has 0 aliphatic rings. The summed E-state index contributed by atoms with van der Waals surface area (Å²) in [5, 5.41) is 13.1.